The number of rotatable bonds is 2. The van der Waals surface area contributed by atoms with E-state index in [1.807, 2.05) is 13.0 Å². The molecule has 1 aromatic carbocycles. The number of carbonyl (C=O) groups excluding carboxylic acids is 2. The van der Waals surface area contributed by atoms with Gasteiger partial charge in [-0.15, -0.1) is 0 Å². The van der Waals surface area contributed by atoms with E-state index in [4.69, 9.17) is 4.74 Å². The molecule has 2 aromatic rings. The standard InChI is InChI=1S/C19H21N3O4/c1-2-21-12-19(26-18(21)25)7-9-22(10-8-19)17(24)15-11-16(23)13-5-3-4-6-14(13)20-15/h3-6,11H,2,7-10,12H2,1H3,(H,20,23). The van der Waals surface area contributed by atoms with Gasteiger partial charge >= 0.3 is 6.09 Å². The third-order valence-corrected chi connectivity index (χ3v) is 5.35. The number of nitrogens with zero attached hydrogens (tertiary/aromatic N) is 2. The van der Waals surface area contributed by atoms with Crippen LogP contribution in [-0.4, -0.2) is 58.6 Å². The summed E-state index contributed by atoms with van der Waals surface area (Å²) in [4.78, 5) is 43.4. The number of likely N-dealkylation sites (N-methyl/N-ethyl adjacent to an activating group) is 1. The molecule has 2 aliphatic rings. The van der Waals surface area contributed by atoms with Gasteiger partial charge in [-0.05, 0) is 19.1 Å². The molecule has 3 heterocycles. The van der Waals surface area contributed by atoms with E-state index in [0.717, 1.165) is 0 Å². The van der Waals surface area contributed by atoms with Gasteiger partial charge in [0.1, 0.15) is 11.3 Å². The zero-order valence-electron chi connectivity index (χ0n) is 14.7. The molecule has 7 heteroatoms. The molecule has 7 nitrogen and oxygen atoms in total. The highest BCUT2D eigenvalue weighted by atomic mass is 16.6. The minimum atomic E-state index is -0.485. The van der Waals surface area contributed by atoms with Crippen molar-refractivity contribution in [1.82, 2.24) is 14.8 Å². The van der Waals surface area contributed by atoms with Crippen LogP contribution in [0.15, 0.2) is 35.1 Å². The van der Waals surface area contributed by atoms with Crippen molar-refractivity contribution in [2.45, 2.75) is 25.4 Å². The first-order valence-electron chi connectivity index (χ1n) is 8.91. The number of benzene rings is 1. The lowest BCUT2D eigenvalue weighted by atomic mass is 9.91. The van der Waals surface area contributed by atoms with Gasteiger partial charge in [0.05, 0.1) is 6.54 Å². The first kappa shape index (κ1) is 16.6. The average molecular weight is 355 g/mol. The molecule has 0 radical (unpaired) electrons. The van der Waals surface area contributed by atoms with Crippen molar-refractivity contribution in [3.63, 3.8) is 0 Å². The monoisotopic (exact) mass is 355 g/mol. The smallest absolute Gasteiger partial charge is 0.410 e. The van der Waals surface area contributed by atoms with Crippen molar-refractivity contribution in [2.24, 2.45) is 0 Å². The number of aromatic amines is 1. The number of fused-ring (bicyclic) bond motifs is 1. The largest absolute Gasteiger partial charge is 0.441 e. The molecule has 1 aromatic heterocycles. The summed E-state index contributed by atoms with van der Waals surface area (Å²) in [5.41, 5.74) is 0.295. The van der Waals surface area contributed by atoms with Crippen LogP contribution in [0.2, 0.25) is 0 Å². The van der Waals surface area contributed by atoms with Crippen LogP contribution in [0.5, 0.6) is 0 Å². The zero-order valence-corrected chi connectivity index (χ0v) is 14.7. The van der Waals surface area contributed by atoms with Crippen LogP contribution in [0, 0.1) is 0 Å². The first-order valence-corrected chi connectivity index (χ1v) is 8.91. The Kier molecular flexibility index (Phi) is 3.94. The molecular formula is C19H21N3O4. The van der Waals surface area contributed by atoms with Crippen LogP contribution in [-0.2, 0) is 4.74 Å². The van der Waals surface area contributed by atoms with Crippen LogP contribution < -0.4 is 5.43 Å². The Labute approximate surface area is 150 Å². The number of aromatic nitrogens is 1. The molecule has 0 unspecified atom stereocenters. The third kappa shape index (κ3) is 2.73. The number of hydrogen-bond donors (Lipinski definition) is 1. The number of amides is 2. The van der Waals surface area contributed by atoms with Gasteiger partial charge in [-0.25, -0.2) is 4.79 Å². The molecule has 26 heavy (non-hydrogen) atoms. The van der Waals surface area contributed by atoms with Crippen molar-refractivity contribution >= 4 is 22.9 Å². The molecule has 0 bridgehead atoms. The van der Waals surface area contributed by atoms with Crippen LogP contribution in [0.4, 0.5) is 4.79 Å². The van der Waals surface area contributed by atoms with Gasteiger partial charge in [-0.1, -0.05) is 12.1 Å². The Morgan fingerprint density at radius 3 is 2.65 bits per heavy atom. The molecule has 4 rings (SSSR count). The normalized spacial score (nSPS) is 19.2. The van der Waals surface area contributed by atoms with Crippen molar-refractivity contribution < 1.29 is 14.3 Å². The van der Waals surface area contributed by atoms with E-state index in [-0.39, 0.29) is 17.4 Å². The number of likely N-dealkylation sites (tertiary alicyclic amines) is 1. The third-order valence-electron chi connectivity index (χ3n) is 5.35. The Balaban J connectivity index is 1.51. The van der Waals surface area contributed by atoms with Gasteiger partial charge in [0.15, 0.2) is 5.43 Å². The summed E-state index contributed by atoms with van der Waals surface area (Å²) >= 11 is 0. The number of H-pyrrole nitrogens is 1. The van der Waals surface area contributed by atoms with Crippen LogP contribution in [0.1, 0.15) is 30.3 Å². The summed E-state index contributed by atoms with van der Waals surface area (Å²) in [5.74, 6) is -0.195. The van der Waals surface area contributed by atoms with E-state index in [1.54, 1.807) is 28.0 Å². The molecule has 2 aliphatic heterocycles. The molecule has 136 valence electrons. The molecular weight excluding hydrogens is 334 g/mol. The average Bonchev–Trinajstić information content (AvgIpc) is 2.97. The highest BCUT2D eigenvalue weighted by Gasteiger charge is 2.47. The van der Waals surface area contributed by atoms with Gasteiger partial charge in [-0.2, -0.15) is 0 Å². The van der Waals surface area contributed by atoms with E-state index in [0.29, 0.717) is 55.6 Å². The van der Waals surface area contributed by atoms with E-state index < -0.39 is 5.60 Å². The number of para-hydroxylation sites is 1. The number of nitrogens with one attached hydrogen (secondary N) is 1. The van der Waals surface area contributed by atoms with Crippen LogP contribution in [0.3, 0.4) is 0 Å². The molecule has 2 saturated heterocycles. The van der Waals surface area contributed by atoms with Gasteiger partial charge in [0, 0.05) is 49.4 Å². The second-order valence-electron chi connectivity index (χ2n) is 6.95. The maximum absolute atomic E-state index is 12.8. The minimum Gasteiger partial charge on any atom is -0.441 e. The van der Waals surface area contributed by atoms with Crippen LogP contribution in [0.25, 0.3) is 10.9 Å². The van der Waals surface area contributed by atoms with Gasteiger partial charge in [0.25, 0.3) is 5.91 Å². The van der Waals surface area contributed by atoms with Crippen LogP contribution >= 0.6 is 0 Å². The molecule has 0 atom stereocenters. The molecule has 0 aliphatic carbocycles. The fourth-order valence-corrected chi connectivity index (χ4v) is 3.80. The summed E-state index contributed by atoms with van der Waals surface area (Å²) < 4.78 is 5.60. The predicted octanol–water partition coefficient (Wildman–Crippen LogP) is 1.97. The molecule has 0 saturated carbocycles. The second-order valence-corrected chi connectivity index (χ2v) is 6.95. The van der Waals surface area contributed by atoms with Crippen molar-refractivity contribution in [2.75, 3.05) is 26.2 Å². The van der Waals surface area contributed by atoms with Gasteiger partial charge in [0.2, 0.25) is 0 Å². The highest BCUT2D eigenvalue weighted by molar-refractivity contribution is 5.95. The first-order chi connectivity index (χ1) is 12.5. The van der Waals surface area contributed by atoms with Crippen molar-refractivity contribution in [1.29, 1.82) is 0 Å². The second kappa shape index (κ2) is 6.16. The van der Waals surface area contributed by atoms with E-state index >= 15 is 0 Å². The Bertz CT molecular complexity index is 928. The van der Waals surface area contributed by atoms with Gasteiger partial charge in [-0.3, -0.25) is 9.59 Å². The number of carbonyl (C=O) groups is 2. The zero-order chi connectivity index (χ0) is 18.3. The maximum atomic E-state index is 12.8. The number of pyridine rings is 1. The summed E-state index contributed by atoms with van der Waals surface area (Å²) in [6.45, 7) is 4.13. The fourth-order valence-electron chi connectivity index (χ4n) is 3.80. The molecule has 1 N–H and O–H groups in total. The summed E-state index contributed by atoms with van der Waals surface area (Å²) in [5, 5.41) is 0.569. The van der Waals surface area contributed by atoms with Crippen molar-refractivity contribution in [3.05, 3.63) is 46.2 Å². The summed E-state index contributed by atoms with van der Waals surface area (Å²) in [6.07, 6.45) is 0.948. The fraction of sp³-hybridized carbons (Fsp3) is 0.421. The van der Waals surface area contributed by atoms with E-state index in [2.05, 4.69) is 4.98 Å². The maximum Gasteiger partial charge on any atom is 0.410 e. The van der Waals surface area contributed by atoms with Gasteiger partial charge < -0.3 is 19.5 Å². The predicted molar refractivity (Wildman–Crippen MR) is 96.2 cm³/mol. The lowest BCUT2D eigenvalue weighted by Crippen LogP contribution is -2.49. The number of hydrogen-bond acceptors (Lipinski definition) is 4. The highest BCUT2D eigenvalue weighted by Crippen LogP contribution is 2.33. The topological polar surface area (TPSA) is 82.7 Å². The lowest BCUT2D eigenvalue weighted by molar-refractivity contribution is 0.00298. The number of ether oxygens (including phenoxy) is 1. The Morgan fingerprint density at radius 2 is 1.96 bits per heavy atom. The lowest BCUT2D eigenvalue weighted by Gasteiger charge is -2.37. The number of piperidine rings is 1. The SMILES string of the molecule is CCN1CC2(CCN(C(=O)c3cc(=O)c4ccccc4[nH]3)CC2)OC1=O. The minimum absolute atomic E-state index is 0.167. The molecule has 1 spiro atoms. The summed E-state index contributed by atoms with van der Waals surface area (Å²) in [6, 6.07) is 8.51. The molecule has 2 fully saturated rings. The Hall–Kier alpha value is -2.83. The van der Waals surface area contributed by atoms with E-state index in [1.165, 1.54) is 6.07 Å². The Morgan fingerprint density at radius 1 is 1.23 bits per heavy atom. The van der Waals surface area contributed by atoms with Crippen molar-refractivity contribution in [3.8, 4) is 0 Å². The van der Waals surface area contributed by atoms with E-state index in [9.17, 15) is 14.4 Å². The quantitative estimate of drug-likeness (QED) is 0.893. The molecule has 2 amide bonds. The summed E-state index contributed by atoms with van der Waals surface area (Å²) in [7, 11) is 0.